The number of aromatic nitrogens is 3. The van der Waals surface area contributed by atoms with Gasteiger partial charge in [0.1, 0.15) is 11.3 Å². The minimum absolute atomic E-state index is 0.253. The molecule has 0 spiro atoms. The normalized spacial score (nSPS) is 10.8. The monoisotopic (exact) mass is 226 g/mol. The molecule has 3 aromatic heterocycles. The fourth-order valence-corrected chi connectivity index (χ4v) is 1.87. The van der Waals surface area contributed by atoms with Gasteiger partial charge in [0, 0.05) is 23.7 Å². The molecule has 5 nitrogen and oxygen atoms in total. The van der Waals surface area contributed by atoms with Crippen molar-refractivity contribution in [2.45, 2.75) is 0 Å². The summed E-state index contributed by atoms with van der Waals surface area (Å²) < 4.78 is 1.69. The summed E-state index contributed by atoms with van der Waals surface area (Å²) in [6.07, 6.45) is 4.41. The maximum Gasteiger partial charge on any atom is 0.170 e. The molecule has 0 aliphatic carbocycles. The Balaban J connectivity index is 2.28. The molecule has 0 amide bonds. The van der Waals surface area contributed by atoms with Gasteiger partial charge in [0.25, 0.3) is 0 Å². The number of carbonyl (C=O) groups is 1. The van der Waals surface area contributed by atoms with Crippen molar-refractivity contribution in [1.29, 1.82) is 0 Å². The molecule has 3 heterocycles. The number of aromatic amines is 1. The average molecular weight is 226 g/mol. The number of hydrogen-bond acceptors (Lipinski definition) is 3. The first-order chi connectivity index (χ1) is 8.29. The molecular weight excluding hydrogens is 216 g/mol. The van der Waals surface area contributed by atoms with Crippen molar-refractivity contribution in [2.75, 3.05) is 5.73 Å². The molecule has 0 aliphatic heterocycles. The maximum atomic E-state index is 11.0. The second kappa shape index (κ2) is 3.48. The van der Waals surface area contributed by atoms with Crippen LogP contribution in [0.3, 0.4) is 0 Å². The van der Waals surface area contributed by atoms with Gasteiger partial charge >= 0.3 is 0 Å². The van der Waals surface area contributed by atoms with Crippen LogP contribution in [-0.4, -0.2) is 20.7 Å². The molecule has 0 unspecified atom stereocenters. The summed E-state index contributed by atoms with van der Waals surface area (Å²) in [6, 6.07) is 7.65. The minimum atomic E-state index is 0.253. The van der Waals surface area contributed by atoms with Crippen LogP contribution in [0.4, 0.5) is 5.82 Å². The molecule has 5 heteroatoms. The standard InChI is InChI=1S/C12H10N4O/c13-12-10(7-17)16-6-8(3-4-11(16)15-12)9-2-1-5-14-9/h1-7,14H,13H2. The lowest BCUT2D eigenvalue weighted by molar-refractivity contribution is 0.111. The number of H-pyrrole nitrogens is 1. The van der Waals surface area contributed by atoms with Gasteiger partial charge in [-0.25, -0.2) is 4.98 Å². The Morgan fingerprint density at radius 3 is 2.94 bits per heavy atom. The maximum absolute atomic E-state index is 11.0. The van der Waals surface area contributed by atoms with Crippen molar-refractivity contribution in [2.24, 2.45) is 0 Å². The Morgan fingerprint density at radius 1 is 1.35 bits per heavy atom. The van der Waals surface area contributed by atoms with Crippen LogP contribution in [0.25, 0.3) is 16.9 Å². The minimum Gasteiger partial charge on any atom is -0.382 e. The van der Waals surface area contributed by atoms with Gasteiger partial charge < -0.3 is 10.7 Å². The number of nitrogen functional groups attached to an aromatic ring is 1. The van der Waals surface area contributed by atoms with E-state index in [1.165, 1.54) is 0 Å². The Hall–Kier alpha value is -2.56. The average Bonchev–Trinajstić information content (AvgIpc) is 2.93. The lowest BCUT2D eigenvalue weighted by atomic mass is 10.2. The lowest BCUT2D eigenvalue weighted by Crippen LogP contribution is -1.95. The molecule has 0 aliphatic rings. The highest BCUT2D eigenvalue weighted by Crippen LogP contribution is 2.20. The smallest absolute Gasteiger partial charge is 0.170 e. The first-order valence-corrected chi connectivity index (χ1v) is 5.16. The molecule has 84 valence electrons. The van der Waals surface area contributed by atoms with Gasteiger partial charge in [-0.05, 0) is 24.3 Å². The molecule has 3 rings (SSSR count). The number of nitrogens with two attached hydrogens (primary N) is 1. The number of carbonyl (C=O) groups excluding carboxylic acids is 1. The number of nitrogens with one attached hydrogen (secondary N) is 1. The van der Waals surface area contributed by atoms with E-state index in [9.17, 15) is 4.79 Å². The van der Waals surface area contributed by atoms with Crippen LogP contribution in [0.1, 0.15) is 10.5 Å². The number of nitrogens with zero attached hydrogens (tertiary/aromatic N) is 2. The summed E-state index contributed by atoms with van der Waals surface area (Å²) in [5.74, 6) is 0.253. The molecule has 0 aromatic carbocycles. The molecule has 0 bridgehead atoms. The molecule has 0 radical (unpaired) electrons. The number of imidazole rings is 1. The molecule has 3 aromatic rings. The zero-order valence-corrected chi connectivity index (χ0v) is 8.92. The third-order valence-corrected chi connectivity index (χ3v) is 2.70. The molecule has 17 heavy (non-hydrogen) atoms. The van der Waals surface area contributed by atoms with Crippen molar-refractivity contribution in [3.63, 3.8) is 0 Å². The van der Waals surface area contributed by atoms with Crippen molar-refractivity contribution >= 4 is 17.8 Å². The van der Waals surface area contributed by atoms with E-state index in [0.717, 1.165) is 11.3 Å². The zero-order valence-electron chi connectivity index (χ0n) is 8.92. The third kappa shape index (κ3) is 1.40. The fourth-order valence-electron chi connectivity index (χ4n) is 1.87. The molecule has 3 N–H and O–H groups in total. The number of pyridine rings is 1. The highest BCUT2D eigenvalue weighted by molar-refractivity contribution is 5.82. The van der Waals surface area contributed by atoms with E-state index in [1.54, 1.807) is 4.40 Å². The Kier molecular flexibility index (Phi) is 1.98. The molecular formula is C12H10N4O. The van der Waals surface area contributed by atoms with E-state index in [4.69, 9.17) is 5.73 Å². The highest BCUT2D eigenvalue weighted by Gasteiger charge is 2.09. The van der Waals surface area contributed by atoms with Gasteiger partial charge in [-0.1, -0.05) is 0 Å². The Labute approximate surface area is 96.9 Å². The first kappa shape index (κ1) is 9.65. The number of anilines is 1. The highest BCUT2D eigenvalue weighted by atomic mass is 16.1. The van der Waals surface area contributed by atoms with Crippen LogP contribution in [0.15, 0.2) is 36.7 Å². The SMILES string of the molecule is Nc1nc2ccc(-c3ccc[nH]3)cn2c1C=O. The predicted octanol–water partition coefficient (Wildman–Crippen LogP) is 1.72. The molecule has 0 saturated carbocycles. The summed E-state index contributed by atoms with van der Waals surface area (Å²) >= 11 is 0. The summed E-state index contributed by atoms with van der Waals surface area (Å²) in [5, 5.41) is 0. The summed E-state index contributed by atoms with van der Waals surface area (Å²) in [6.45, 7) is 0. The van der Waals surface area contributed by atoms with Gasteiger partial charge in [-0.2, -0.15) is 0 Å². The summed E-state index contributed by atoms with van der Waals surface area (Å²) in [7, 11) is 0. The van der Waals surface area contributed by atoms with Gasteiger partial charge in [-0.3, -0.25) is 9.20 Å². The first-order valence-electron chi connectivity index (χ1n) is 5.16. The Morgan fingerprint density at radius 2 is 2.24 bits per heavy atom. The number of rotatable bonds is 2. The summed E-state index contributed by atoms with van der Waals surface area (Å²) in [5.41, 5.74) is 8.67. The van der Waals surface area contributed by atoms with Crippen molar-refractivity contribution < 1.29 is 4.79 Å². The zero-order chi connectivity index (χ0) is 11.8. The van der Waals surface area contributed by atoms with Crippen LogP contribution in [-0.2, 0) is 0 Å². The van der Waals surface area contributed by atoms with E-state index < -0.39 is 0 Å². The quantitative estimate of drug-likeness (QED) is 0.653. The van der Waals surface area contributed by atoms with E-state index in [1.807, 2.05) is 36.7 Å². The number of fused-ring (bicyclic) bond motifs is 1. The lowest BCUT2D eigenvalue weighted by Gasteiger charge is -2.00. The molecule has 0 saturated heterocycles. The van der Waals surface area contributed by atoms with Gasteiger partial charge in [0.15, 0.2) is 12.1 Å². The third-order valence-electron chi connectivity index (χ3n) is 2.70. The van der Waals surface area contributed by atoms with Crippen LogP contribution in [0, 0.1) is 0 Å². The largest absolute Gasteiger partial charge is 0.382 e. The summed E-state index contributed by atoms with van der Waals surface area (Å²) in [4.78, 5) is 18.2. The Bertz CT molecular complexity index is 682. The van der Waals surface area contributed by atoms with E-state index in [-0.39, 0.29) is 5.82 Å². The number of hydrogen-bond donors (Lipinski definition) is 2. The fraction of sp³-hybridized carbons (Fsp3) is 0. The van der Waals surface area contributed by atoms with E-state index in [2.05, 4.69) is 9.97 Å². The predicted molar refractivity (Wildman–Crippen MR) is 64.8 cm³/mol. The van der Waals surface area contributed by atoms with Crippen LogP contribution >= 0.6 is 0 Å². The van der Waals surface area contributed by atoms with Crippen LogP contribution in [0.2, 0.25) is 0 Å². The van der Waals surface area contributed by atoms with Gasteiger partial charge in [0.05, 0.1) is 0 Å². The van der Waals surface area contributed by atoms with E-state index >= 15 is 0 Å². The molecule has 0 fully saturated rings. The second-order valence-corrected chi connectivity index (χ2v) is 3.73. The van der Waals surface area contributed by atoms with Crippen molar-refractivity contribution in [3.05, 3.63) is 42.4 Å². The van der Waals surface area contributed by atoms with Gasteiger partial charge in [0.2, 0.25) is 0 Å². The van der Waals surface area contributed by atoms with E-state index in [0.29, 0.717) is 17.6 Å². The van der Waals surface area contributed by atoms with Crippen LogP contribution in [0.5, 0.6) is 0 Å². The second-order valence-electron chi connectivity index (χ2n) is 3.73. The van der Waals surface area contributed by atoms with Gasteiger partial charge in [-0.15, -0.1) is 0 Å². The molecule has 0 atom stereocenters. The van der Waals surface area contributed by atoms with Crippen molar-refractivity contribution in [3.8, 4) is 11.3 Å². The topological polar surface area (TPSA) is 76.2 Å². The van der Waals surface area contributed by atoms with Crippen LogP contribution < -0.4 is 5.73 Å². The van der Waals surface area contributed by atoms with Crippen molar-refractivity contribution in [1.82, 2.24) is 14.4 Å². The number of aldehydes is 1.